The third-order valence-corrected chi connectivity index (χ3v) is 5.10. The number of rotatable bonds is 8. The standard InChI is InChI=1S/C24H22Cl2N2O3/c1-3-30-23-13-17(14-27-28-24(29)18-10-7-16(2)8-11-18)9-12-22(23)31-15-19-20(25)5-4-6-21(19)26/h4-14H,3,15H2,1-2H3,(H,28,29)/b27-14-. The van der Waals surface area contributed by atoms with Crippen molar-refractivity contribution in [2.45, 2.75) is 20.5 Å². The van der Waals surface area contributed by atoms with Gasteiger partial charge in [0.2, 0.25) is 0 Å². The number of amides is 1. The maximum absolute atomic E-state index is 12.2. The van der Waals surface area contributed by atoms with Crippen molar-refractivity contribution in [1.82, 2.24) is 5.43 Å². The van der Waals surface area contributed by atoms with Crippen LogP contribution in [0.15, 0.2) is 65.8 Å². The van der Waals surface area contributed by atoms with Crippen LogP contribution in [0.1, 0.15) is 34.0 Å². The number of halogens is 2. The average Bonchev–Trinajstić information content (AvgIpc) is 2.75. The van der Waals surface area contributed by atoms with Crippen LogP contribution in [0, 0.1) is 6.92 Å². The lowest BCUT2D eigenvalue weighted by atomic mass is 10.1. The summed E-state index contributed by atoms with van der Waals surface area (Å²) in [6, 6.07) is 17.9. The maximum atomic E-state index is 12.2. The van der Waals surface area contributed by atoms with Crippen molar-refractivity contribution in [2.75, 3.05) is 6.61 Å². The third kappa shape index (κ3) is 6.23. The molecule has 0 aliphatic heterocycles. The predicted octanol–water partition coefficient (Wildman–Crippen LogP) is 6.04. The van der Waals surface area contributed by atoms with Crippen molar-refractivity contribution in [3.8, 4) is 11.5 Å². The van der Waals surface area contributed by atoms with Gasteiger partial charge in [0.15, 0.2) is 11.5 Å². The van der Waals surface area contributed by atoms with Crippen molar-refractivity contribution < 1.29 is 14.3 Å². The fourth-order valence-electron chi connectivity index (χ4n) is 2.75. The summed E-state index contributed by atoms with van der Waals surface area (Å²) in [4.78, 5) is 12.2. The molecule has 7 heteroatoms. The lowest BCUT2D eigenvalue weighted by Crippen LogP contribution is -2.17. The summed E-state index contributed by atoms with van der Waals surface area (Å²) in [7, 11) is 0. The molecule has 0 atom stereocenters. The summed E-state index contributed by atoms with van der Waals surface area (Å²) < 4.78 is 11.6. The lowest BCUT2D eigenvalue weighted by molar-refractivity contribution is 0.0955. The summed E-state index contributed by atoms with van der Waals surface area (Å²) >= 11 is 12.4. The molecule has 3 aromatic rings. The molecule has 0 bridgehead atoms. The van der Waals surface area contributed by atoms with E-state index >= 15 is 0 Å². The number of nitrogens with zero attached hydrogens (tertiary/aromatic N) is 1. The first-order chi connectivity index (χ1) is 15.0. The molecule has 0 fully saturated rings. The lowest BCUT2D eigenvalue weighted by Gasteiger charge is -2.14. The van der Waals surface area contributed by atoms with E-state index in [9.17, 15) is 4.79 Å². The van der Waals surface area contributed by atoms with Gasteiger partial charge in [0.25, 0.3) is 5.91 Å². The van der Waals surface area contributed by atoms with Gasteiger partial charge in [0.1, 0.15) is 6.61 Å². The zero-order chi connectivity index (χ0) is 22.2. The molecule has 0 saturated heterocycles. The van der Waals surface area contributed by atoms with Crippen LogP contribution in [-0.2, 0) is 6.61 Å². The van der Waals surface area contributed by atoms with Crippen LogP contribution in [-0.4, -0.2) is 18.7 Å². The number of hydrogen-bond donors (Lipinski definition) is 1. The van der Waals surface area contributed by atoms with Gasteiger partial charge in [-0.3, -0.25) is 4.79 Å². The molecule has 0 saturated carbocycles. The van der Waals surface area contributed by atoms with Gasteiger partial charge in [-0.25, -0.2) is 5.43 Å². The first-order valence-corrected chi connectivity index (χ1v) is 10.5. The van der Waals surface area contributed by atoms with E-state index < -0.39 is 0 Å². The van der Waals surface area contributed by atoms with Gasteiger partial charge in [-0.1, -0.05) is 47.0 Å². The first-order valence-electron chi connectivity index (χ1n) is 9.70. The van der Waals surface area contributed by atoms with Gasteiger partial charge in [0, 0.05) is 21.2 Å². The fraction of sp³-hybridized carbons (Fsp3) is 0.167. The number of nitrogens with one attached hydrogen (secondary N) is 1. The summed E-state index contributed by atoms with van der Waals surface area (Å²) in [6.07, 6.45) is 1.54. The van der Waals surface area contributed by atoms with Crippen LogP contribution in [0.4, 0.5) is 0 Å². The molecule has 0 heterocycles. The Morgan fingerprint density at radius 2 is 1.71 bits per heavy atom. The second-order valence-electron chi connectivity index (χ2n) is 6.69. The van der Waals surface area contributed by atoms with Crippen molar-refractivity contribution in [3.63, 3.8) is 0 Å². The number of benzene rings is 3. The highest BCUT2D eigenvalue weighted by Crippen LogP contribution is 2.31. The summed E-state index contributed by atoms with van der Waals surface area (Å²) in [5, 5.41) is 5.11. The molecule has 3 rings (SSSR count). The largest absolute Gasteiger partial charge is 0.490 e. The van der Waals surface area contributed by atoms with Crippen molar-refractivity contribution in [3.05, 3.63) is 93.0 Å². The Bertz CT molecular complexity index is 1060. The molecule has 0 aliphatic carbocycles. The Morgan fingerprint density at radius 3 is 2.39 bits per heavy atom. The molecule has 3 aromatic carbocycles. The molecule has 0 aliphatic rings. The monoisotopic (exact) mass is 456 g/mol. The molecular weight excluding hydrogens is 435 g/mol. The molecule has 0 unspecified atom stereocenters. The molecule has 160 valence electrons. The zero-order valence-corrected chi connectivity index (χ0v) is 18.7. The van der Waals surface area contributed by atoms with Gasteiger partial charge >= 0.3 is 0 Å². The van der Waals surface area contributed by atoms with Gasteiger partial charge in [-0.05, 0) is 61.9 Å². The van der Waals surface area contributed by atoms with Crippen molar-refractivity contribution >= 4 is 35.3 Å². The van der Waals surface area contributed by atoms with Crippen LogP contribution >= 0.6 is 23.2 Å². The minimum Gasteiger partial charge on any atom is -0.490 e. The minimum atomic E-state index is -0.280. The molecule has 0 radical (unpaired) electrons. The summed E-state index contributed by atoms with van der Waals surface area (Å²) in [5.74, 6) is 0.830. The quantitative estimate of drug-likeness (QED) is 0.331. The second-order valence-corrected chi connectivity index (χ2v) is 7.51. The van der Waals surface area contributed by atoms with E-state index in [1.165, 1.54) is 0 Å². The number of hydrogen-bond acceptors (Lipinski definition) is 4. The topological polar surface area (TPSA) is 59.9 Å². The van der Waals surface area contributed by atoms with E-state index in [1.807, 2.05) is 32.0 Å². The van der Waals surface area contributed by atoms with Gasteiger partial charge in [-0.15, -0.1) is 0 Å². The van der Waals surface area contributed by atoms with Crippen molar-refractivity contribution in [1.29, 1.82) is 0 Å². The number of aryl methyl sites for hydroxylation is 1. The second kappa shape index (κ2) is 10.8. The van der Waals surface area contributed by atoms with Crippen LogP contribution in [0.2, 0.25) is 10.0 Å². The van der Waals surface area contributed by atoms with Crippen LogP contribution in [0.25, 0.3) is 0 Å². The molecule has 31 heavy (non-hydrogen) atoms. The molecule has 0 aromatic heterocycles. The number of hydrazone groups is 1. The van der Waals surface area contributed by atoms with E-state index in [2.05, 4.69) is 10.5 Å². The van der Waals surface area contributed by atoms with E-state index in [1.54, 1.807) is 48.7 Å². The SMILES string of the molecule is CCOc1cc(/C=N\NC(=O)c2ccc(C)cc2)ccc1OCc1c(Cl)cccc1Cl. The normalized spacial score (nSPS) is 10.8. The van der Waals surface area contributed by atoms with Gasteiger partial charge in [0.05, 0.1) is 12.8 Å². The molecule has 1 amide bonds. The molecule has 0 spiro atoms. The Labute approximate surface area is 191 Å². The number of carbonyl (C=O) groups excluding carboxylic acids is 1. The summed E-state index contributed by atoms with van der Waals surface area (Å²) in [6.45, 7) is 4.52. The Balaban J connectivity index is 1.68. The maximum Gasteiger partial charge on any atom is 0.271 e. The molecule has 5 nitrogen and oxygen atoms in total. The van der Waals surface area contributed by atoms with E-state index in [4.69, 9.17) is 32.7 Å². The minimum absolute atomic E-state index is 0.207. The average molecular weight is 457 g/mol. The smallest absolute Gasteiger partial charge is 0.271 e. The highest BCUT2D eigenvalue weighted by molar-refractivity contribution is 6.35. The zero-order valence-electron chi connectivity index (χ0n) is 17.2. The van der Waals surface area contributed by atoms with E-state index in [0.29, 0.717) is 39.3 Å². The van der Waals surface area contributed by atoms with Crippen LogP contribution in [0.5, 0.6) is 11.5 Å². The molecular formula is C24H22Cl2N2O3. The Morgan fingerprint density at radius 1 is 1.00 bits per heavy atom. The Kier molecular flexibility index (Phi) is 7.93. The number of carbonyl (C=O) groups is 1. The van der Waals surface area contributed by atoms with Crippen LogP contribution in [0.3, 0.4) is 0 Å². The fourth-order valence-corrected chi connectivity index (χ4v) is 3.25. The van der Waals surface area contributed by atoms with Crippen LogP contribution < -0.4 is 14.9 Å². The third-order valence-electron chi connectivity index (χ3n) is 4.39. The first kappa shape index (κ1) is 22.7. The molecule has 1 N–H and O–H groups in total. The van der Waals surface area contributed by atoms with E-state index in [-0.39, 0.29) is 12.5 Å². The predicted molar refractivity (Wildman–Crippen MR) is 125 cm³/mol. The van der Waals surface area contributed by atoms with Crippen molar-refractivity contribution in [2.24, 2.45) is 5.10 Å². The highest BCUT2D eigenvalue weighted by Gasteiger charge is 2.10. The van der Waals surface area contributed by atoms with E-state index in [0.717, 1.165) is 11.1 Å². The highest BCUT2D eigenvalue weighted by atomic mass is 35.5. The number of ether oxygens (including phenoxy) is 2. The van der Waals surface area contributed by atoms with Gasteiger partial charge in [-0.2, -0.15) is 5.10 Å². The Hall–Kier alpha value is -3.02. The summed E-state index contributed by atoms with van der Waals surface area (Å²) in [5.41, 5.74) is 5.60. The van der Waals surface area contributed by atoms with Gasteiger partial charge < -0.3 is 9.47 Å².